The lowest BCUT2D eigenvalue weighted by Crippen LogP contribution is -2.41. The number of hydrogen-bond acceptors (Lipinski definition) is 5. The molecule has 0 unspecified atom stereocenters. The fourth-order valence-electron chi connectivity index (χ4n) is 2.33. The fourth-order valence-corrected chi connectivity index (χ4v) is 2.33. The quantitative estimate of drug-likeness (QED) is 0.637. The van der Waals surface area contributed by atoms with Crippen LogP contribution in [0.3, 0.4) is 0 Å². The molecule has 0 bridgehead atoms. The van der Waals surface area contributed by atoms with Crippen molar-refractivity contribution in [2.45, 2.75) is 0 Å². The highest BCUT2D eigenvalue weighted by atomic mass is 35.5. The van der Waals surface area contributed by atoms with Crippen molar-refractivity contribution < 1.29 is 14.3 Å². The van der Waals surface area contributed by atoms with E-state index in [1.807, 2.05) is 0 Å². The SMILES string of the molecule is CNCC(=O)Nc1ccc(C(=O)NCCN2CCOCC2)cc1.Cl.Cl. The number of halogens is 2. The number of carbonyl (C=O) groups excluding carboxylic acids is 2. The number of anilines is 1. The van der Waals surface area contributed by atoms with Gasteiger partial charge in [0.25, 0.3) is 5.91 Å². The van der Waals surface area contributed by atoms with E-state index >= 15 is 0 Å². The summed E-state index contributed by atoms with van der Waals surface area (Å²) < 4.78 is 5.29. The van der Waals surface area contributed by atoms with Crippen LogP contribution >= 0.6 is 24.8 Å². The summed E-state index contributed by atoms with van der Waals surface area (Å²) in [6, 6.07) is 6.87. The first-order valence-corrected chi connectivity index (χ1v) is 7.82. The second kappa shape index (κ2) is 12.9. The summed E-state index contributed by atoms with van der Waals surface area (Å²) in [5.41, 5.74) is 1.26. The van der Waals surface area contributed by atoms with Crippen LogP contribution in [0.2, 0.25) is 0 Å². The highest BCUT2D eigenvalue weighted by Crippen LogP contribution is 2.09. The average molecular weight is 393 g/mol. The van der Waals surface area contributed by atoms with Gasteiger partial charge in [0.05, 0.1) is 19.8 Å². The average Bonchev–Trinajstić information content (AvgIpc) is 2.56. The van der Waals surface area contributed by atoms with Crippen LogP contribution in [-0.4, -0.2) is 69.7 Å². The highest BCUT2D eigenvalue weighted by Gasteiger charge is 2.11. The lowest BCUT2D eigenvalue weighted by molar-refractivity contribution is -0.115. The third-order valence-corrected chi connectivity index (χ3v) is 3.59. The molecule has 1 aromatic rings. The molecule has 1 aromatic carbocycles. The molecule has 2 rings (SSSR count). The van der Waals surface area contributed by atoms with Crippen LogP contribution < -0.4 is 16.0 Å². The second-order valence-corrected chi connectivity index (χ2v) is 5.37. The molecule has 0 atom stereocenters. The van der Waals surface area contributed by atoms with Crippen molar-refractivity contribution >= 4 is 42.3 Å². The molecule has 0 aromatic heterocycles. The summed E-state index contributed by atoms with van der Waals surface area (Å²) in [5, 5.41) is 8.43. The molecular weight excluding hydrogens is 367 g/mol. The van der Waals surface area contributed by atoms with Crippen LogP contribution in [-0.2, 0) is 9.53 Å². The van der Waals surface area contributed by atoms with Gasteiger partial charge in [-0.1, -0.05) is 0 Å². The van der Waals surface area contributed by atoms with E-state index < -0.39 is 0 Å². The topological polar surface area (TPSA) is 82.7 Å². The molecule has 0 saturated carbocycles. The van der Waals surface area contributed by atoms with Crippen LogP contribution in [0.15, 0.2) is 24.3 Å². The Kier molecular flexibility index (Phi) is 12.2. The van der Waals surface area contributed by atoms with Gasteiger partial charge < -0.3 is 20.7 Å². The predicted molar refractivity (Wildman–Crippen MR) is 103 cm³/mol. The molecule has 9 heteroatoms. The normalized spacial score (nSPS) is 14.0. The smallest absolute Gasteiger partial charge is 0.251 e. The fraction of sp³-hybridized carbons (Fsp3) is 0.500. The molecule has 0 radical (unpaired) electrons. The Morgan fingerprint density at radius 3 is 2.36 bits per heavy atom. The van der Waals surface area contributed by atoms with E-state index in [9.17, 15) is 9.59 Å². The number of nitrogens with zero attached hydrogens (tertiary/aromatic N) is 1. The summed E-state index contributed by atoms with van der Waals surface area (Å²) in [6.45, 7) is 5.04. The molecule has 25 heavy (non-hydrogen) atoms. The van der Waals surface area contributed by atoms with Gasteiger partial charge in [0.2, 0.25) is 5.91 Å². The number of benzene rings is 1. The maximum atomic E-state index is 12.1. The van der Waals surface area contributed by atoms with E-state index in [4.69, 9.17) is 4.74 Å². The minimum absolute atomic E-state index is 0. The van der Waals surface area contributed by atoms with E-state index in [0.29, 0.717) is 17.8 Å². The van der Waals surface area contributed by atoms with E-state index in [1.54, 1.807) is 31.3 Å². The van der Waals surface area contributed by atoms with Gasteiger partial charge in [-0.3, -0.25) is 14.5 Å². The number of ether oxygens (including phenoxy) is 1. The Bertz CT molecular complexity index is 523. The van der Waals surface area contributed by atoms with Crippen LogP contribution in [0.25, 0.3) is 0 Å². The van der Waals surface area contributed by atoms with E-state index in [1.165, 1.54) is 0 Å². The molecule has 2 amide bonds. The molecular formula is C16H26Cl2N4O3. The van der Waals surface area contributed by atoms with Gasteiger partial charge in [-0.05, 0) is 31.3 Å². The number of nitrogens with one attached hydrogen (secondary N) is 3. The zero-order valence-corrected chi connectivity index (χ0v) is 15.9. The lowest BCUT2D eigenvalue weighted by atomic mass is 10.2. The van der Waals surface area contributed by atoms with Crippen molar-refractivity contribution in [2.24, 2.45) is 0 Å². The van der Waals surface area contributed by atoms with Crippen molar-refractivity contribution in [3.05, 3.63) is 29.8 Å². The van der Waals surface area contributed by atoms with Gasteiger partial charge in [-0.2, -0.15) is 0 Å². The number of hydrogen-bond donors (Lipinski definition) is 3. The standard InChI is InChI=1S/C16H24N4O3.2ClH/c1-17-12-15(21)19-14-4-2-13(3-5-14)16(22)18-6-7-20-8-10-23-11-9-20;;/h2-5,17H,6-12H2,1H3,(H,18,22)(H,19,21);2*1H. The maximum absolute atomic E-state index is 12.1. The zero-order chi connectivity index (χ0) is 16.5. The highest BCUT2D eigenvalue weighted by molar-refractivity contribution is 5.96. The third-order valence-electron chi connectivity index (χ3n) is 3.59. The van der Waals surface area contributed by atoms with Gasteiger partial charge in [0, 0.05) is 37.4 Å². The zero-order valence-electron chi connectivity index (χ0n) is 14.2. The van der Waals surface area contributed by atoms with Crippen LogP contribution in [0, 0.1) is 0 Å². The number of amides is 2. The van der Waals surface area contributed by atoms with Crippen molar-refractivity contribution in [3.63, 3.8) is 0 Å². The van der Waals surface area contributed by atoms with E-state index in [0.717, 1.165) is 32.8 Å². The summed E-state index contributed by atoms with van der Waals surface area (Å²) in [7, 11) is 1.71. The first kappa shape index (κ1) is 23.6. The van der Waals surface area contributed by atoms with Gasteiger partial charge in [-0.25, -0.2) is 0 Å². The number of morpholine rings is 1. The third kappa shape index (κ3) is 8.51. The lowest BCUT2D eigenvalue weighted by Gasteiger charge is -2.26. The minimum atomic E-state index is -0.116. The summed E-state index contributed by atoms with van der Waals surface area (Å²) in [6.07, 6.45) is 0. The van der Waals surface area contributed by atoms with Crippen molar-refractivity contribution in [3.8, 4) is 0 Å². The Morgan fingerprint density at radius 2 is 1.76 bits per heavy atom. The molecule has 7 nitrogen and oxygen atoms in total. The van der Waals surface area contributed by atoms with Crippen molar-refractivity contribution in [2.75, 3.05) is 58.3 Å². The maximum Gasteiger partial charge on any atom is 0.251 e. The predicted octanol–water partition coefficient (Wildman–Crippen LogP) is 0.750. The first-order chi connectivity index (χ1) is 11.2. The van der Waals surface area contributed by atoms with Gasteiger partial charge in [0.1, 0.15) is 0 Å². The molecule has 3 N–H and O–H groups in total. The largest absolute Gasteiger partial charge is 0.379 e. The summed E-state index contributed by atoms with van der Waals surface area (Å²) in [4.78, 5) is 25.8. The second-order valence-electron chi connectivity index (χ2n) is 5.37. The monoisotopic (exact) mass is 392 g/mol. The van der Waals surface area contributed by atoms with Crippen molar-refractivity contribution in [1.29, 1.82) is 0 Å². The molecule has 1 heterocycles. The van der Waals surface area contributed by atoms with Gasteiger partial charge in [-0.15, -0.1) is 24.8 Å². The number of carbonyl (C=O) groups is 2. The van der Waals surface area contributed by atoms with Crippen molar-refractivity contribution in [1.82, 2.24) is 15.5 Å². The molecule has 0 spiro atoms. The summed E-state index contributed by atoms with van der Waals surface area (Å²) >= 11 is 0. The summed E-state index contributed by atoms with van der Waals surface area (Å²) in [5.74, 6) is -0.221. The van der Waals surface area contributed by atoms with Gasteiger partial charge in [0.15, 0.2) is 0 Å². The van der Waals surface area contributed by atoms with Crippen LogP contribution in [0.4, 0.5) is 5.69 Å². The number of likely N-dealkylation sites (N-methyl/N-ethyl adjacent to an activating group) is 1. The molecule has 1 fully saturated rings. The van der Waals surface area contributed by atoms with Crippen LogP contribution in [0.1, 0.15) is 10.4 Å². The molecule has 142 valence electrons. The van der Waals surface area contributed by atoms with Gasteiger partial charge >= 0.3 is 0 Å². The Morgan fingerprint density at radius 1 is 1.12 bits per heavy atom. The molecule has 1 aliphatic rings. The van der Waals surface area contributed by atoms with E-state index in [2.05, 4.69) is 20.9 Å². The van der Waals surface area contributed by atoms with Crippen LogP contribution in [0.5, 0.6) is 0 Å². The number of rotatable bonds is 7. The first-order valence-electron chi connectivity index (χ1n) is 7.82. The molecule has 1 aliphatic heterocycles. The molecule has 0 aliphatic carbocycles. The Balaban J connectivity index is 0.00000288. The van der Waals surface area contributed by atoms with E-state index in [-0.39, 0.29) is 43.2 Å². The Hall–Kier alpha value is -1.38. The Labute approximate surface area is 160 Å². The minimum Gasteiger partial charge on any atom is -0.379 e. The molecule has 1 saturated heterocycles.